The van der Waals surface area contributed by atoms with E-state index in [9.17, 15) is 17.6 Å². The standard InChI is InChI=1S/C18H22FN3O3S/c1-13-5-4-8-22(11-13)26(24,25)16-10-17(21(2)12-16)18(23)20-15-7-3-6-14(19)9-15/h3,6-7,9-10,12-13H,4-5,8,11H2,1-2H3,(H,20,23)/t13-/m1/s1. The van der Waals surface area contributed by atoms with Crippen LogP contribution in [0.2, 0.25) is 0 Å². The Hall–Kier alpha value is -2.19. The summed E-state index contributed by atoms with van der Waals surface area (Å²) in [5, 5.41) is 2.58. The Labute approximate surface area is 152 Å². The molecule has 1 atom stereocenters. The average Bonchev–Trinajstić information content (AvgIpc) is 2.97. The van der Waals surface area contributed by atoms with Crippen LogP contribution in [0.5, 0.6) is 0 Å². The predicted octanol–water partition coefficient (Wildman–Crippen LogP) is 2.84. The third kappa shape index (κ3) is 3.81. The highest BCUT2D eigenvalue weighted by Gasteiger charge is 2.30. The van der Waals surface area contributed by atoms with E-state index in [0.29, 0.717) is 24.7 Å². The largest absolute Gasteiger partial charge is 0.345 e. The minimum absolute atomic E-state index is 0.0958. The third-order valence-electron chi connectivity index (χ3n) is 4.55. The molecular weight excluding hydrogens is 357 g/mol. The number of hydrogen-bond acceptors (Lipinski definition) is 3. The van der Waals surface area contributed by atoms with Gasteiger partial charge in [-0.25, -0.2) is 12.8 Å². The van der Waals surface area contributed by atoms with Crippen molar-refractivity contribution in [1.29, 1.82) is 0 Å². The highest BCUT2D eigenvalue weighted by molar-refractivity contribution is 7.89. The molecule has 140 valence electrons. The number of benzene rings is 1. The number of sulfonamides is 1. The van der Waals surface area contributed by atoms with Gasteiger partial charge in [-0.05, 0) is 43.0 Å². The van der Waals surface area contributed by atoms with E-state index in [1.165, 1.54) is 39.3 Å². The van der Waals surface area contributed by atoms with Gasteiger partial charge in [0.25, 0.3) is 5.91 Å². The second-order valence-corrected chi connectivity index (χ2v) is 8.68. The number of nitrogens with one attached hydrogen (secondary N) is 1. The molecule has 2 aromatic rings. The van der Waals surface area contributed by atoms with Crippen LogP contribution in [-0.4, -0.2) is 36.3 Å². The van der Waals surface area contributed by atoms with E-state index in [0.717, 1.165) is 12.8 Å². The van der Waals surface area contributed by atoms with Crippen LogP contribution in [0.4, 0.5) is 10.1 Å². The molecule has 0 radical (unpaired) electrons. The summed E-state index contributed by atoms with van der Waals surface area (Å²) >= 11 is 0. The van der Waals surface area contributed by atoms with Gasteiger partial charge in [0.15, 0.2) is 0 Å². The number of hydrogen-bond donors (Lipinski definition) is 1. The highest BCUT2D eigenvalue weighted by atomic mass is 32.2. The Morgan fingerprint density at radius 2 is 2.08 bits per heavy atom. The Bertz CT molecular complexity index is 924. The van der Waals surface area contributed by atoms with Gasteiger partial charge < -0.3 is 9.88 Å². The van der Waals surface area contributed by atoms with Gasteiger partial charge in [0.1, 0.15) is 16.4 Å². The molecule has 26 heavy (non-hydrogen) atoms. The number of anilines is 1. The Morgan fingerprint density at radius 3 is 2.77 bits per heavy atom. The molecule has 0 bridgehead atoms. The van der Waals surface area contributed by atoms with Gasteiger partial charge >= 0.3 is 0 Å². The summed E-state index contributed by atoms with van der Waals surface area (Å²) in [7, 11) is -2.03. The predicted molar refractivity (Wildman–Crippen MR) is 96.9 cm³/mol. The zero-order chi connectivity index (χ0) is 18.9. The number of carbonyl (C=O) groups excluding carboxylic acids is 1. The third-order valence-corrected chi connectivity index (χ3v) is 6.38. The van der Waals surface area contributed by atoms with Crippen LogP contribution in [0.3, 0.4) is 0 Å². The van der Waals surface area contributed by atoms with Crippen LogP contribution in [0.25, 0.3) is 0 Å². The number of amides is 1. The topological polar surface area (TPSA) is 71.4 Å². The first-order chi connectivity index (χ1) is 12.3. The normalized spacial score (nSPS) is 18.7. The van der Waals surface area contributed by atoms with Crippen molar-refractivity contribution in [2.75, 3.05) is 18.4 Å². The van der Waals surface area contributed by atoms with Crippen molar-refractivity contribution in [3.8, 4) is 0 Å². The van der Waals surface area contributed by atoms with Crippen LogP contribution in [0.1, 0.15) is 30.3 Å². The maximum Gasteiger partial charge on any atom is 0.272 e. The molecule has 0 saturated carbocycles. The Kier molecular flexibility index (Phi) is 5.15. The Morgan fingerprint density at radius 1 is 1.31 bits per heavy atom. The lowest BCUT2D eigenvalue weighted by atomic mass is 10.0. The molecule has 8 heteroatoms. The summed E-state index contributed by atoms with van der Waals surface area (Å²) in [4.78, 5) is 12.5. The smallest absolute Gasteiger partial charge is 0.272 e. The highest BCUT2D eigenvalue weighted by Crippen LogP contribution is 2.25. The van der Waals surface area contributed by atoms with E-state index < -0.39 is 21.7 Å². The van der Waals surface area contributed by atoms with E-state index in [1.807, 2.05) is 6.92 Å². The molecule has 0 spiro atoms. The zero-order valence-electron chi connectivity index (χ0n) is 14.8. The molecule has 0 unspecified atom stereocenters. The van der Waals surface area contributed by atoms with Gasteiger partial charge in [0.05, 0.1) is 0 Å². The number of aryl methyl sites for hydroxylation is 1. The van der Waals surface area contributed by atoms with E-state index in [1.54, 1.807) is 13.1 Å². The van der Waals surface area contributed by atoms with Gasteiger partial charge in [-0.15, -0.1) is 0 Å². The number of piperidine rings is 1. The number of halogens is 1. The minimum atomic E-state index is -3.64. The molecule has 1 fully saturated rings. The van der Waals surface area contributed by atoms with Gasteiger partial charge in [-0.2, -0.15) is 4.31 Å². The second-order valence-electron chi connectivity index (χ2n) is 6.75. The summed E-state index contributed by atoms with van der Waals surface area (Å²) in [6, 6.07) is 6.90. The second kappa shape index (κ2) is 7.20. The monoisotopic (exact) mass is 379 g/mol. The first kappa shape index (κ1) is 18.6. The number of rotatable bonds is 4. The van der Waals surface area contributed by atoms with Crippen molar-refractivity contribution in [3.05, 3.63) is 48.0 Å². The lowest BCUT2D eigenvalue weighted by Crippen LogP contribution is -2.38. The van der Waals surface area contributed by atoms with Crippen LogP contribution in [0, 0.1) is 11.7 Å². The van der Waals surface area contributed by atoms with E-state index in [-0.39, 0.29) is 10.6 Å². The SMILES string of the molecule is C[C@@H]1CCCN(S(=O)(=O)c2cc(C(=O)Nc3cccc(F)c3)n(C)c2)C1. The molecule has 1 aliphatic heterocycles. The molecule has 1 aromatic carbocycles. The van der Waals surface area contributed by atoms with Crippen molar-refractivity contribution < 1.29 is 17.6 Å². The van der Waals surface area contributed by atoms with Crippen molar-refractivity contribution in [2.45, 2.75) is 24.7 Å². The Balaban J connectivity index is 1.83. The van der Waals surface area contributed by atoms with Gasteiger partial charge in [-0.1, -0.05) is 13.0 Å². The fraction of sp³-hybridized carbons (Fsp3) is 0.389. The quantitative estimate of drug-likeness (QED) is 0.888. The summed E-state index contributed by atoms with van der Waals surface area (Å²) in [6.07, 6.45) is 3.29. The van der Waals surface area contributed by atoms with Crippen LogP contribution in [-0.2, 0) is 17.1 Å². The molecule has 0 aliphatic carbocycles. The van der Waals surface area contributed by atoms with E-state index in [4.69, 9.17) is 0 Å². The molecule has 2 heterocycles. The number of aromatic nitrogens is 1. The zero-order valence-corrected chi connectivity index (χ0v) is 15.6. The summed E-state index contributed by atoms with van der Waals surface area (Å²) in [6.45, 7) is 3.01. The molecule has 1 aromatic heterocycles. The fourth-order valence-corrected chi connectivity index (χ4v) is 4.85. The van der Waals surface area contributed by atoms with Crippen molar-refractivity contribution >= 4 is 21.6 Å². The molecular formula is C18H22FN3O3S. The summed E-state index contributed by atoms with van der Waals surface area (Å²) in [5.74, 6) is -0.637. The lowest BCUT2D eigenvalue weighted by Gasteiger charge is -2.29. The van der Waals surface area contributed by atoms with Crippen molar-refractivity contribution in [1.82, 2.24) is 8.87 Å². The van der Waals surface area contributed by atoms with Crippen molar-refractivity contribution in [2.24, 2.45) is 13.0 Å². The van der Waals surface area contributed by atoms with Gasteiger partial charge in [0.2, 0.25) is 10.0 Å². The summed E-state index contributed by atoms with van der Waals surface area (Å²) < 4.78 is 41.9. The maximum absolute atomic E-state index is 13.3. The first-order valence-corrected chi connectivity index (χ1v) is 9.95. The molecule has 1 N–H and O–H groups in total. The molecule has 3 rings (SSSR count). The van der Waals surface area contributed by atoms with E-state index >= 15 is 0 Å². The maximum atomic E-state index is 13.3. The van der Waals surface area contributed by atoms with Gasteiger partial charge in [0, 0.05) is 32.0 Å². The first-order valence-electron chi connectivity index (χ1n) is 8.51. The average molecular weight is 379 g/mol. The molecule has 1 aliphatic rings. The molecule has 1 amide bonds. The molecule has 1 saturated heterocycles. The van der Waals surface area contributed by atoms with Crippen LogP contribution in [0.15, 0.2) is 41.4 Å². The lowest BCUT2D eigenvalue weighted by molar-refractivity contribution is 0.101. The number of carbonyl (C=O) groups is 1. The number of nitrogens with zero attached hydrogens (tertiary/aromatic N) is 2. The summed E-state index contributed by atoms with van der Waals surface area (Å²) in [5.41, 5.74) is 0.503. The van der Waals surface area contributed by atoms with Gasteiger partial charge in [-0.3, -0.25) is 4.79 Å². The van der Waals surface area contributed by atoms with Crippen LogP contribution >= 0.6 is 0 Å². The van der Waals surface area contributed by atoms with Crippen LogP contribution < -0.4 is 5.32 Å². The van der Waals surface area contributed by atoms with E-state index in [2.05, 4.69) is 5.32 Å². The minimum Gasteiger partial charge on any atom is -0.345 e. The molecule has 6 nitrogen and oxygen atoms in total. The van der Waals surface area contributed by atoms with Crippen molar-refractivity contribution in [3.63, 3.8) is 0 Å². The fourth-order valence-electron chi connectivity index (χ4n) is 3.18.